The lowest BCUT2D eigenvalue weighted by molar-refractivity contribution is 0.0634. The van der Waals surface area contributed by atoms with E-state index in [1.807, 2.05) is 4.90 Å². The van der Waals surface area contributed by atoms with Gasteiger partial charge in [-0.3, -0.25) is 13.9 Å². The number of hydrogen-bond acceptors (Lipinski definition) is 3. The number of amides is 1. The van der Waals surface area contributed by atoms with E-state index in [1.165, 1.54) is 0 Å². The van der Waals surface area contributed by atoms with Gasteiger partial charge in [0, 0.05) is 24.2 Å². The maximum Gasteiger partial charge on any atom is 0.273 e. The summed E-state index contributed by atoms with van der Waals surface area (Å²) in [5, 5.41) is 5.04. The van der Waals surface area contributed by atoms with Crippen LogP contribution in [0.15, 0.2) is 30.3 Å². The van der Waals surface area contributed by atoms with E-state index < -0.39 is 17.5 Å². The first kappa shape index (κ1) is 21.2. The quantitative estimate of drug-likeness (QED) is 0.296. The molecule has 10 heteroatoms. The molecule has 2 atom stereocenters. The van der Waals surface area contributed by atoms with Gasteiger partial charge in [0.05, 0.1) is 23.1 Å². The zero-order valence-corrected chi connectivity index (χ0v) is 19.1. The number of rotatable bonds is 2. The first-order valence-electron chi connectivity index (χ1n) is 10.9. The van der Waals surface area contributed by atoms with Crippen molar-refractivity contribution in [2.45, 2.75) is 38.3 Å². The Morgan fingerprint density at radius 3 is 2.62 bits per heavy atom. The van der Waals surface area contributed by atoms with Gasteiger partial charge in [0.1, 0.15) is 16.5 Å². The van der Waals surface area contributed by atoms with Crippen molar-refractivity contribution in [2.24, 2.45) is 7.05 Å². The molecule has 1 saturated heterocycles. The summed E-state index contributed by atoms with van der Waals surface area (Å²) < 4.78 is 44.7. The van der Waals surface area contributed by atoms with E-state index in [0.717, 1.165) is 30.5 Å². The Morgan fingerprint density at radius 2 is 1.88 bits per heavy atom. The summed E-state index contributed by atoms with van der Waals surface area (Å²) >= 11 is 6.41. The van der Waals surface area contributed by atoms with E-state index >= 15 is 0 Å². The molecule has 2 aliphatic rings. The number of carbonyl (C=O) groups excluding carboxylic acids is 1. The molecule has 0 spiro atoms. The minimum Gasteiger partial charge on any atom is -0.325 e. The van der Waals surface area contributed by atoms with E-state index in [-0.39, 0.29) is 23.6 Å². The van der Waals surface area contributed by atoms with Gasteiger partial charge in [-0.05, 0) is 50.5 Å². The van der Waals surface area contributed by atoms with Crippen LogP contribution in [0.1, 0.15) is 46.3 Å². The number of fused-ring (bicyclic) bond motifs is 5. The number of nitrogens with zero attached hydrogens (tertiary/aromatic N) is 5. The minimum absolute atomic E-state index is 0.115. The lowest BCUT2D eigenvalue weighted by atomic mass is 9.94. The number of benzene rings is 1. The molecule has 5 heterocycles. The lowest BCUT2D eigenvalue weighted by Crippen LogP contribution is -2.42. The molecule has 1 fully saturated rings. The highest BCUT2D eigenvalue weighted by Crippen LogP contribution is 2.47. The minimum atomic E-state index is -1.50. The molecule has 174 valence electrons. The smallest absolute Gasteiger partial charge is 0.273 e. The number of carbonyl (C=O) groups is 1. The van der Waals surface area contributed by atoms with Gasteiger partial charge in [-0.1, -0.05) is 17.7 Å². The van der Waals surface area contributed by atoms with Crippen molar-refractivity contribution in [3.05, 3.63) is 75.6 Å². The fourth-order valence-corrected chi connectivity index (χ4v) is 5.79. The number of aromatic nitrogens is 4. The summed E-state index contributed by atoms with van der Waals surface area (Å²) in [6, 6.07) is 6.86. The van der Waals surface area contributed by atoms with Crippen LogP contribution < -0.4 is 0 Å². The van der Waals surface area contributed by atoms with Crippen LogP contribution in [0.25, 0.3) is 16.9 Å². The van der Waals surface area contributed by atoms with Crippen molar-refractivity contribution in [1.29, 1.82) is 0 Å². The van der Waals surface area contributed by atoms with Crippen molar-refractivity contribution in [3.63, 3.8) is 0 Å². The maximum absolute atomic E-state index is 14.0. The molecule has 0 saturated carbocycles. The van der Waals surface area contributed by atoms with Crippen molar-refractivity contribution < 1.29 is 18.0 Å². The van der Waals surface area contributed by atoms with Crippen LogP contribution in [0.2, 0.25) is 5.15 Å². The second kappa shape index (κ2) is 7.33. The van der Waals surface area contributed by atoms with Gasteiger partial charge in [0.15, 0.2) is 17.5 Å². The van der Waals surface area contributed by atoms with Gasteiger partial charge >= 0.3 is 0 Å². The van der Waals surface area contributed by atoms with Gasteiger partial charge in [0.2, 0.25) is 0 Å². The van der Waals surface area contributed by atoms with Gasteiger partial charge < -0.3 is 4.90 Å². The van der Waals surface area contributed by atoms with Crippen molar-refractivity contribution >= 4 is 23.2 Å². The number of pyridine rings is 1. The Labute approximate surface area is 197 Å². The Hall–Kier alpha value is -3.33. The third-order valence-corrected chi connectivity index (χ3v) is 7.19. The molecule has 1 aromatic carbocycles. The van der Waals surface area contributed by atoms with Crippen LogP contribution in [-0.4, -0.2) is 36.0 Å². The average Bonchev–Trinajstić information content (AvgIpc) is 3.42. The highest BCUT2D eigenvalue weighted by atomic mass is 35.5. The van der Waals surface area contributed by atoms with Gasteiger partial charge in [-0.15, -0.1) is 0 Å². The summed E-state index contributed by atoms with van der Waals surface area (Å²) in [7, 11) is 1.68. The van der Waals surface area contributed by atoms with E-state index in [2.05, 4.69) is 10.1 Å². The molecular formula is C24H19ClF3N5O. The summed E-state index contributed by atoms with van der Waals surface area (Å²) in [5.41, 5.74) is 3.88. The highest BCUT2D eigenvalue weighted by molar-refractivity contribution is 6.30. The van der Waals surface area contributed by atoms with Crippen molar-refractivity contribution in [3.8, 4) is 11.3 Å². The molecule has 4 aromatic rings. The number of halogens is 4. The molecule has 6 rings (SSSR count). The molecule has 2 bridgehead atoms. The Bertz CT molecular complexity index is 1490. The van der Waals surface area contributed by atoms with Crippen LogP contribution in [0, 0.1) is 24.4 Å². The third kappa shape index (κ3) is 2.86. The monoisotopic (exact) mass is 485 g/mol. The predicted molar refractivity (Wildman–Crippen MR) is 119 cm³/mol. The van der Waals surface area contributed by atoms with E-state index in [9.17, 15) is 18.0 Å². The van der Waals surface area contributed by atoms with E-state index in [0.29, 0.717) is 40.0 Å². The molecule has 34 heavy (non-hydrogen) atoms. The summed E-state index contributed by atoms with van der Waals surface area (Å²) in [6.45, 7) is 1.78. The standard InChI is InChI=1S/C24H19ClF3N5O/c1-11-22(33-18(25)4-3-5-19(33)29-11)24(34)32-13-6-7-17(32)21-14(10-13)23(31(2)30-21)12-8-15(26)20(28)16(27)9-12/h3-5,8-9,13,17H,6-7,10H2,1-2H3. The molecule has 0 radical (unpaired) electrons. The number of imidazole rings is 1. The average molecular weight is 486 g/mol. The number of hydrogen-bond donors (Lipinski definition) is 0. The van der Waals surface area contributed by atoms with Crippen LogP contribution in [0.3, 0.4) is 0 Å². The Balaban J connectivity index is 1.45. The van der Waals surface area contributed by atoms with Crippen LogP contribution in [0.5, 0.6) is 0 Å². The van der Waals surface area contributed by atoms with Crippen molar-refractivity contribution in [1.82, 2.24) is 24.1 Å². The van der Waals surface area contributed by atoms with E-state index in [4.69, 9.17) is 11.6 Å². The SMILES string of the molecule is Cc1nc2cccc(Cl)n2c1C(=O)N1C2CCC1c1nn(C)c(-c3cc(F)c(F)c(F)c3)c1C2. The Morgan fingerprint density at radius 1 is 1.15 bits per heavy atom. The largest absolute Gasteiger partial charge is 0.325 e. The molecule has 2 unspecified atom stereocenters. The topological polar surface area (TPSA) is 55.4 Å². The van der Waals surface area contributed by atoms with Crippen LogP contribution >= 0.6 is 11.6 Å². The molecule has 3 aromatic heterocycles. The highest BCUT2D eigenvalue weighted by Gasteiger charge is 2.46. The second-order valence-electron chi connectivity index (χ2n) is 8.84. The second-order valence-corrected chi connectivity index (χ2v) is 9.23. The zero-order chi connectivity index (χ0) is 23.9. The molecule has 0 aliphatic carbocycles. The first-order valence-corrected chi connectivity index (χ1v) is 11.3. The summed E-state index contributed by atoms with van der Waals surface area (Å²) in [4.78, 5) is 20.2. The van der Waals surface area contributed by atoms with Gasteiger partial charge in [0.25, 0.3) is 5.91 Å². The molecule has 1 amide bonds. The molecule has 6 nitrogen and oxygen atoms in total. The Kier molecular flexibility index (Phi) is 4.58. The lowest BCUT2D eigenvalue weighted by Gasteiger charge is -2.34. The normalized spacial score (nSPS) is 19.2. The molecule has 0 N–H and O–H groups in total. The fraction of sp³-hybridized carbons (Fsp3) is 0.292. The summed E-state index contributed by atoms with van der Waals surface area (Å²) in [5.74, 6) is -4.18. The number of aryl methyl sites for hydroxylation is 2. The molecule has 2 aliphatic heterocycles. The van der Waals surface area contributed by atoms with Crippen LogP contribution in [0.4, 0.5) is 13.2 Å². The van der Waals surface area contributed by atoms with Gasteiger partial charge in [-0.25, -0.2) is 18.2 Å². The first-order chi connectivity index (χ1) is 16.3. The summed E-state index contributed by atoms with van der Waals surface area (Å²) in [6.07, 6.45) is 1.96. The van der Waals surface area contributed by atoms with Crippen LogP contribution in [-0.2, 0) is 13.5 Å². The predicted octanol–water partition coefficient (Wildman–Crippen LogP) is 5.02. The van der Waals surface area contributed by atoms with Gasteiger partial charge in [-0.2, -0.15) is 5.10 Å². The zero-order valence-electron chi connectivity index (χ0n) is 18.3. The van der Waals surface area contributed by atoms with E-state index in [1.54, 1.807) is 41.3 Å². The molecular weight excluding hydrogens is 467 g/mol. The van der Waals surface area contributed by atoms with Crippen molar-refractivity contribution in [2.75, 3.05) is 0 Å². The fourth-order valence-electron chi connectivity index (χ4n) is 5.55. The maximum atomic E-state index is 14.0. The third-order valence-electron chi connectivity index (χ3n) is 6.90.